The average molecular weight is 381 g/mol. The van der Waals surface area contributed by atoms with Gasteiger partial charge in [0.2, 0.25) is 0 Å². The van der Waals surface area contributed by atoms with Crippen LogP contribution in [-0.2, 0) is 9.63 Å². The van der Waals surface area contributed by atoms with Crippen molar-refractivity contribution in [3.05, 3.63) is 44.7 Å². The normalized spacial score (nSPS) is 17.8. The molecule has 1 aliphatic carbocycles. The van der Waals surface area contributed by atoms with Crippen LogP contribution in [0.1, 0.15) is 72.4 Å². The number of Topliss-reactive ketones (excluding diaryl/α,β-unsaturated/α-hetero) is 1. The molecule has 1 aromatic rings. The second kappa shape index (κ2) is 9.90. The summed E-state index contributed by atoms with van der Waals surface area (Å²) in [6.45, 7) is 14.9. The molecule has 0 radical (unpaired) electrons. The van der Waals surface area contributed by atoms with E-state index in [2.05, 4.69) is 39.8 Å². The number of ketones is 1. The summed E-state index contributed by atoms with van der Waals surface area (Å²) in [7, 11) is 0. The third kappa shape index (κ3) is 4.67. The Bertz CT molecular complexity index is 764. The van der Waals surface area contributed by atoms with Gasteiger partial charge in [0.25, 0.3) is 0 Å². The number of aliphatic hydroxyl groups is 1. The van der Waals surface area contributed by atoms with Crippen LogP contribution in [-0.4, -0.2) is 52.8 Å². The molecule has 0 aliphatic heterocycles. The predicted molar refractivity (Wildman–Crippen MR) is 113 cm³/mol. The maximum absolute atomic E-state index is 12.9. The van der Waals surface area contributed by atoms with Crippen molar-refractivity contribution in [2.75, 3.05) is 6.61 Å². The van der Waals surface area contributed by atoms with Crippen molar-refractivity contribution in [2.45, 2.75) is 73.6 Å². The molecule has 1 N–H and O–H groups in total. The molecular weight excluding hydrogens is 349 g/mol. The van der Waals surface area contributed by atoms with Crippen molar-refractivity contribution in [1.29, 1.82) is 0 Å². The number of rotatable bonds is 5. The molecule has 1 atom stereocenters. The minimum atomic E-state index is -0.0475. The topological polar surface area (TPSA) is 58.9 Å². The zero-order valence-corrected chi connectivity index (χ0v) is 17.1. The van der Waals surface area contributed by atoms with Gasteiger partial charge in [0.15, 0.2) is 5.78 Å². The summed E-state index contributed by atoms with van der Waals surface area (Å²) < 4.78 is 0. The number of hydrogen-bond acceptors (Lipinski definition) is 4. The zero-order valence-electron chi connectivity index (χ0n) is 17.1. The Labute approximate surface area is 185 Å². The Morgan fingerprint density at radius 3 is 1.96 bits per heavy atom. The van der Waals surface area contributed by atoms with E-state index in [0.717, 1.165) is 0 Å². The third-order valence-corrected chi connectivity index (χ3v) is 5.83. The fourth-order valence-corrected chi connectivity index (χ4v) is 4.00. The van der Waals surface area contributed by atoms with Crippen molar-refractivity contribution in [3.8, 4) is 0 Å². The molecule has 0 saturated carbocycles. The molecular formula is C22H32NNaO3. The second-order valence-electron chi connectivity index (χ2n) is 7.20. The van der Waals surface area contributed by atoms with Crippen LogP contribution in [0.25, 0.3) is 0 Å². The Kier molecular flexibility index (Phi) is 8.78. The number of nitrogens with zero attached hydrogens (tertiary/aromatic N) is 1. The van der Waals surface area contributed by atoms with Crippen LogP contribution >= 0.6 is 0 Å². The van der Waals surface area contributed by atoms with Crippen LogP contribution in [0.3, 0.4) is 0 Å². The molecule has 0 saturated heterocycles. The van der Waals surface area contributed by atoms with Crippen molar-refractivity contribution < 1.29 is 14.7 Å². The van der Waals surface area contributed by atoms with Gasteiger partial charge in [-0.15, -0.1) is 0 Å². The van der Waals surface area contributed by atoms with E-state index >= 15 is 0 Å². The third-order valence-electron chi connectivity index (χ3n) is 5.83. The number of carbonyl (C=O) groups excluding carboxylic acids is 1. The van der Waals surface area contributed by atoms with E-state index < -0.39 is 0 Å². The van der Waals surface area contributed by atoms with Crippen LogP contribution in [0.5, 0.6) is 0 Å². The number of hydrogen-bond donors (Lipinski definition) is 1. The number of carbonyl (C=O) groups is 1. The molecule has 0 heterocycles. The van der Waals surface area contributed by atoms with E-state index in [4.69, 9.17) is 4.84 Å². The van der Waals surface area contributed by atoms with Crippen molar-refractivity contribution >= 4 is 41.1 Å². The molecule has 144 valence electrons. The van der Waals surface area contributed by atoms with Crippen LogP contribution in [0.2, 0.25) is 0 Å². The van der Waals surface area contributed by atoms with Gasteiger partial charge in [0.05, 0.1) is 11.3 Å². The number of benzene rings is 1. The van der Waals surface area contributed by atoms with E-state index in [-0.39, 0.29) is 47.0 Å². The number of aliphatic hydroxyl groups excluding tert-OH is 1. The van der Waals surface area contributed by atoms with Gasteiger partial charge in [-0.25, -0.2) is 0 Å². The molecule has 0 amide bonds. The quantitative estimate of drug-likeness (QED) is 0.459. The first-order chi connectivity index (χ1) is 12.2. The fraction of sp³-hybridized carbons (Fsp3) is 0.545. The summed E-state index contributed by atoms with van der Waals surface area (Å²) in [5.41, 5.74) is 8.43. The molecule has 2 rings (SSSR count). The SMILES string of the molecule is CCON=C(CC)C1=C(O)CC(c2c(C)c(C)c(C)c(C)c2C)CC1=O.[NaH]. The number of allylic oxidation sites excluding steroid dienone is 2. The molecule has 0 fully saturated rings. The first kappa shape index (κ1) is 23.9. The molecule has 0 spiro atoms. The molecule has 1 aromatic carbocycles. The Balaban J connectivity index is 0.00000364. The van der Waals surface area contributed by atoms with Gasteiger partial charge in [-0.1, -0.05) is 12.1 Å². The molecule has 5 heteroatoms. The van der Waals surface area contributed by atoms with E-state index in [1.54, 1.807) is 0 Å². The van der Waals surface area contributed by atoms with E-state index in [9.17, 15) is 9.90 Å². The van der Waals surface area contributed by atoms with Gasteiger partial charge in [-0.2, -0.15) is 0 Å². The summed E-state index contributed by atoms with van der Waals surface area (Å²) in [6.07, 6.45) is 1.42. The Hall–Kier alpha value is -1.10. The second-order valence-corrected chi connectivity index (χ2v) is 7.20. The van der Waals surface area contributed by atoms with Gasteiger partial charge < -0.3 is 9.94 Å². The van der Waals surface area contributed by atoms with Crippen molar-refractivity contribution in [1.82, 2.24) is 0 Å². The number of oxime groups is 1. The predicted octanol–water partition coefficient (Wildman–Crippen LogP) is 4.64. The van der Waals surface area contributed by atoms with Gasteiger partial charge in [-0.3, -0.25) is 4.79 Å². The average Bonchev–Trinajstić information content (AvgIpc) is 2.60. The van der Waals surface area contributed by atoms with Crippen molar-refractivity contribution in [2.24, 2.45) is 5.16 Å². The van der Waals surface area contributed by atoms with E-state index in [1.165, 1.54) is 33.4 Å². The van der Waals surface area contributed by atoms with Gasteiger partial charge in [-0.05, 0) is 87.3 Å². The van der Waals surface area contributed by atoms with Gasteiger partial charge >= 0.3 is 29.6 Å². The monoisotopic (exact) mass is 381 g/mol. The van der Waals surface area contributed by atoms with Crippen LogP contribution < -0.4 is 0 Å². The van der Waals surface area contributed by atoms with E-state index in [1.807, 2.05) is 13.8 Å². The van der Waals surface area contributed by atoms with Crippen LogP contribution in [0.15, 0.2) is 16.5 Å². The molecule has 4 nitrogen and oxygen atoms in total. The summed E-state index contributed by atoms with van der Waals surface area (Å²) >= 11 is 0. The van der Waals surface area contributed by atoms with E-state index in [0.29, 0.717) is 37.2 Å². The van der Waals surface area contributed by atoms with Gasteiger partial charge in [0.1, 0.15) is 12.4 Å². The molecule has 1 aliphatic rings. The molecule has 27 heavy (non-hydrogen) atoms. The first-order valence-corrected chi connectivity index (χ1v) is 9.45. The Morgan fingerprint density at radius 2 is 1.52 bits per heavy atom. The Morgan fingerprint density at radius 1 is 1.00 bits per heavy atom. The van der Waals surface area contributed by atoms with Crippen molar-refractivity contribution in [3.63, 3.8) is 0 Å². The maximum atomic E-state index is 12.9. The summed E-state index contributed by atoms with van der Waals surface area (Å²) in [5, 5.41) is 14.7. The molecule has 0 aromatic heterocycles. The molecule has 0 bridgehead atoms. The first-order valence-electron chi connectivity index (χ1n) is 9.45. The van der Waals surface area contributed by atoms with Crippen LogP contribution in [0.4, 0.5) is 0 Å². The fourth-order valence-electron chi connectivity index (χ4n) is 4.00. The summed E-state index contributed by atoms with van der Waals surface area (Å²) in [6, 6.07) is 0. The minimum absolute atomic E-state index is 0. The van der Waals surface area contributed by atoms with Crippen LogP contribution in [0, 0.1) is 34.6 Å². The summed E-state index contributed by atoms with van der Waals surface area (Å²) in [5.74, 6) is 0.101. The summed E-state index contributed by atoms with van der Waals surface area (Å²) in [4.78, 5) is 18.0. The zero-order chi connectivity index (χ0) is 19.6. The standard InChI is InChI=1S/C22H31NO3.Na.H/c1-8-18(23-26-9-2)22-19(24)10-17(11-20(22)25)21-15(6)13(4)12(3)14(5)16(21)7;;/h17,24H,8-11H2,1-7H3;;. The van der Waals surface area contributed by atoms with Gasteiger partial charge in [0, 0.05) is 12.8 Å². The molecule has 1 unspecified atom stereocenters.